The van der Waals surface area contributed by atoms with Crippen LogP contribution in [0.1, 0.15) is 39.4 Å². The Hall–Kier alpha value is -3.63. The van der Waals surface area contributed by atoms with Gasteiger partial charge in [-0.3, -0.25) is 29.4 Å². The monoisotopic (exact) mass is 373 g/mol. The molecule has 1 N–H and O–H groups in total. The summed E-state index contributed by atoms with van der Waals surface area (Å²) in [4.78, 5) is 52.5. The lowest BCUT2D eigenvalue weighted by molar-refractivity contribution is -0.385. The molecule has 0 spiro atoms. The van der Waals surface area contributed by atoms with Crippen molar-refractivity contribution in [2.75, 3.05) is 6.54 Å². The van der Waals surface area contributed by atoms with E-state index in [2.05, 4.69) is 15.5 Å². The second-order valence-electron chi connectivity index (χ2n) is 5.89. The first-order valence-electron chi connectivity index (χ1n) is 8.03. The maximum absolute atomic E-state index is 12.6. The van der Waals surface area contributed by atoms with Crippen molar-refractivity contribution in [3.8, 4) is 0 Å². The first kappa shape index (κ1) is 18.2. The van der Waals surface area contributed by atoms with Crippen molar-refractivity contribution < 1.29 is 23.8 Å². The molecule has 0 radical (unpaired) electrons. The molecule has 27 heavy (non-hydrogen) atoms. The van der Waals surface area contributed by atoms with E-state index in [1.54, 1.807) is 6.92 Å². The Balaban J connectivity index is 1.71. The molecule has 0 saturated carbocycles. The summed E-state index contributed by atoms with van der Waals surface area (Å²) in [6.07, 6.45) is 0.285. The van der Waals surface area contributed by atoms with Gasteiger partial charge in [-0.2, -0.15) is 4.98 Å². The highest BCUT2D eigenvalue weighted by Gasteiger charge is 2.44. The Morgan fingerprint density at radius 3 is 2.74 bits per heavy atom. The summed E-state index contributed by atoms with van der Waals surface area (Å²) < 4.78 is 4.92. The summed E-state index contributed by atoms with van der Waals surface area (Å²) in [5, 5.41) is 17.3. The molecule has 0 aliphatic carbocycles. The van der Waals surface area contributed by atoms with Gasteiger partial charge in [-0.1, -0.05) is 11.2 Å². The third kappa shape index (κ3) is 3.26. The quantitative estimate of drug-likeness (QED) is 0.440. The SMILES string of the molecule is Cc1noc(CCNC(=O)C(C)N2C(=O)c3cccc([N+](=O)[O-])c3C2=O)n1. The molecule has 2 heterocycles. The van der Waals surface area contributed by atoms with Gasteiger partial charge in [-0.25, -0.2) is 0 Å². The van der Waals surface area contributed by atoms with Gasteiger partial charge in [0.25, 0.3) is 17.5 Å². The van der Waals surface area contributed by atoms with Crippen LogP contribution in [0, 0.1) is 17.0 Å². The summed E-state index contributed by atoms with van der Waals surface area (Å²) in [5.41, 5.74) is -0.851. The van der Waals surface area contributed by atoms with E-state index in [9.17, 15) is 24.5 Å². The van der Waals surface area contributed by atoms with Gasteiger partial charge in [0.1, 0.15) is 11.6 Å². The van der Waals surface area contributed by atoms with Crippen LogP contribution in [0.2, 0.25) is 0 Å². The molecular weight excluding hydrogens is 358 g/mol. The van der Waals surface area contributed by atoms with Crippen LogP contribution in [0.25, 0.3) is 0 Å². The fraction of sp³-hybridized carbons (Fsp3) is 0.312. The van der Waals surface area contributed by atoms with Gasteiger partial charge in [-0.15, -0.1) is 0 Å². The average Bonchev–Trinajstić information content (AvgIpc) is 3.15. The van der Waals surface area contributed by atoms with E-state index in [-0.39, 0.29) is 24.1 Å². The first-order valence-corrected chi connectivity index (χ1v) is 8.03. The fourth-order valence-electron chi connectivity index (χ4n) is 2.79. The number of nitro benzene ring substituents is 1. The second-order valence-corrected chi connectivity index (χ2v) is 5.89. The lowest BCUT2D eigenvalue weighted by Gasteiger charge is -2.21. The van der Waals surface area contributed by atoms with Crippen LogP contribution in [0.15, 0.2) is 22.7 Å². The van der Waals surface area contributed by atoms with Gasteiger partial charge in [0.05, 0.1) is 10.5 Å². The Kier molecular flexibility index (Phi) is 4.67. The molecule has 1 atom stereocenters. The molecule has 0 saturated heterocycles. The number of nitrogens with zero attached hydrogens (tertiary/aromatic N) is 4. The van der Waals surface area contributed by atoms with E-state index >= 15 is 0 Å². The van der Waals surface area contributed by atoms with Gasteiger partial charge in [0, 0.05) is 19.0 Å². The van der Waals surface area contributed by atoms with E-state index in [1.165, 1.54) is 19.1 Å². The van der Waals surface area contributed by atoms with Crippen LogP contribution in [-0.2, 0) is 11.2 Å². The number of rotatable bonds is 6. The molecule has 2 aromatic rings. The van der Waals surface area contributed by atoms with Gasteiger partial charge in [-0.05, 0) is 19.9 Å². The van der Waals surface area contributed by atoms with Crippen LogP contribution in [0.5, 0.6) is 0 Å². The van der Waals surface area contributed by atoms with Crippen molar-refractivity contribution in [3.05, 3.63) is 51.2 Å². The molecule has 1 aliphatic rings. The van der Waals surface area contributed by atoms with E-state index in [1.807, 2.05) is 0 Å². The highest BCUT2D eigenvalue weighted by molar-refractivity contribution is 6.24. The molecule has 1 unspecified atom stereocenters. The number of amides is 3. The van der Waals surface area contributed by atoms with Crippen molar-refractivity contribution >= 4 is 23.4 Å². The predicted octanol–water partition coefficient (Wildman–Crippen LogP) is 0.630. The summed E-state index contributed by atoms with van der Waals surface area (Å²) in [6.45, 7) is 3.20. The number of carbonyl (C=O) groups is 3. The predicted molar refractivity (Wildman–Crippen MR) is 88.8 cm³/mol. The number of fused-ring (bicyclic) bond motifs is 1. The normalized spacial score (nSPS) is 14.2. The molecule has 1 aromatic heterocycles. The highest BCUT2D eigenvalue weighted by Crippen LogP contribution is 2.31. The zero-order valence-corrected chi connectivity index (χ0v) is 14.5. The number of benzene rings is 1. The molecule has 3 rings (SSSR count). The largest absolute Gasteiger partial charge is 0.354 e. The molecule has 11 nitrogen and oxygen atoms in total. The van der Waals surface area contributed by atoms with Gasteiger partial charge >= 0.3 is 0 Å². The van der Waals surface area contributed by atoms with Gasteiger partial charge in [0.15, 0.2) is 5.82 Å². The molecule has 11 heteroatoms. The number of aromatic nitrogens is 2. The standard InChI is InChI=1S/C16H15N5O6/c1-8(14(22)17-7-6-12-18-9(2)19-27-12)20-15(23)10-4-3-5-11(21(25)26)13(10)16(20)24/h3-5,8H,6-7H2,1-2H3,(H,17,22). The number of imide groups is 1. The fourth-order valence-corrected chi connectivity index (χ4v) is 2.79. The van der Waals surface area contributed by atoms with Crippen molar-refractivity contribution in [2.45, 2.75) is 26.3 Å². The lowest BCUT2D eigenvalue weighted by atomic mass is 10.1. The molecule has 140 valence electrons. The Morgan fingerprint density at radius 2 is 2.11 bits per heavy atom. The van der Waals surface area contributed by atoms with E-state index < -0.39 is 34.4 Å². The summed E-state index contributed by atoms with van der Waals surface area (Å²) >= 11 is 0. The van der Waals surface area contributed by atoms with Crippen LogP contribution < -0.4 is 5.32 Å². The van der Waals surface area contributed by atoms with Crippen molar-refractivity contribution in [3.63, 3.8) is 0 Å². The van der Waals surface area contributed by atoms with E-state index in [0.29, 0.717) is 11.7 Å². The third-order valence-corrected chi connectivity index (χ3v) is 4.10. The van der Waals surface area contributed by atoms with E-state index in [0.717, 1.165) is 11.0 Å². The minimum Gasteiger partial charge on any atom is -0.354 e. The number of hydrogen-bond acceptors (Lipinski definition) is 8. The maximum atomic E-state index is 12.6. The van der Waals surface area contributed by atoms with Crippen molar-refractivity contribution in [2.24, 2.45) is 0 Å². The topological polar surface area (TPSA) is 149 Å². The summed E-state index contributed by atoms with van der Waals surface area (Å²) in [5.74, 6) is -1.37. The Labute approximate surface area is 152 Å². The minimum atomic E-state index is -1.14. The molecule has 0 bridgehead atoms. The molecule has 0 fully saturated rings. The number of carbonyl (C=O) groups excluding carboxylic acids is 3. The molecular formula is C16H15N5O6. The van der Waals surface area contributed by atoms with Crippen LogP contribution in [0.4, 0.5) is 5.69 Å². The number of hydrogen-bond donors (Lipinski definition) is 1. The average molecular weight is 373 g/mol. The lowest BCUT2D eigenvalue weighted by Crippen LogP contribution is -2.48. The van der Waals surface area contributed by atoms with Crippen LogP contribution in [0.3, 0.4) is 0 Å². The zero-order valence-electron chi connectivity index (χ0n) is 14.5. The number of nitrogens with one attached hydrogen (secondary N) is 1. The minimum absolute atomic E-state index is 0.0878. The first-order chi connectivity index (χ1) is 12.8. The number of aryl methyl sites for hydroxylation is 1. The van der Waals surface area contributed by atoms with Gasteiger partial charge in [0.2, 0.25) is 11.8 Å². The van der Waals surface area contributed by atoms with Crippen LogP contribution >= 0.6 is 0 Å². The molecule has 1 aliphatic heterocycles. The van der Waals surface area contributed by atoms with Crippen molar-refractivity contribution in [1.82, 2.24) is 20.4 Å². The highest BCUT2D eigenvalue weighted by atomic mass is 16.6. The Morgan fingerprint density at radius 1 is 1.37 bits per heavy atom. The summed E-state index contributed by atoms with van der Waals surface area (Å²) in [7, 11) is 0. The Bertz CT molecular complexity index is 953. The third-order valence-electron chi connectivity index (χ3n) is 4.10. The maximum Gasteiger partial charge on any atom is 0.282 e. The van der Waals surface area contributed by atoms with E-state index in [4.69, 9.17) is 4.52 Å². The smallest absolute Gasteiger partial charge is 0.282 e. The second kappa shape index (κ2) is 6.94. The van der Waals surface area contributed by atoms with Crippen molar-refractivity contribution in [1.29, 1.82) is 0 Å². The molecule has 1 aromatic carbocycles. The molecule has 3 amide bonds. The van der Waals surface area contributed by atoms with Gasteiger partial charge < -0.3 is 9.84 Å². The summed E-state index contributed by atoms with van der Waals surface area (Å²) in [6, 6.07) is 2.65. The zero-order chi connectivity index (χ0) is 19.7. The number of nitro groups is 1. The van der Waals surface area contributed by atoms with Crippen LogP contribution in [-0.4, -0.2) is 50.3 Å².